The number of nitrogens with zero attached hydrogens (tertiary/aromatic N) is 2. The van der Waals surface area contributed by atoms with Gasteiger partial charge in [0.05, 0.1) is 16.6 Å². The maximum absolute atomic E-state index is 11.6. The van der Waals surface area contributed by atoms with Crippen LogP contribution in [0.5, 0.6) is 0 Å². The van der Waals surface area contributed by atoms with E-state index in [4.69, 9.17) is 11.6 Å². The van der Waals surface area contributed by atoms with E-state index in [0.717, 1.165) is 16.8 Å². The molecule has 8 heteroatoms. The van der Waals surface area contributed by atoms with Crippen LogP contribution < -0.4 is 5.56 Å². The van der Waals surface area contributed by atoms with Gasteiger partial charge in [-0.25, -0.2) is 0 Å². The van der Waals surface area contributed by atoms with Crippen molar-refractivity contribution in [2.24, 2.45) is 0 Å². The Morgan fingerprint density at radius 3 is 2.82 bits per heavy atom. The van der Waals surface area contributed by atoms with Crippen LogP contribution in [0.1, 0.15) is 6.92 Å². The first-order valence-electron chi connectivity index (χ1n) is 4.65. The Hall–Kier alpha value is -1.89. The average molecular weight is 261 g/mol. The van der Waals surface area contributed by atoms with Gasteiger partial charge in [-0.3, -0.25) is 24.3 Å². The van der Waals surface area contributed by atoms with Gasteiger partial charge in [-0.1, -0.05) is 11.6 Å². The normalized spacial score (nSPS) is 10.0. The molecule has 1 aromatic rings. The minimum atomic E-state index is -0.896. The van der Waals surface area contributed by atoms with E-state index in [2.05, 4.69) is 4.74 Å². The van der Waals surface area contributed by atoms with Crippen LogP contribution in [0.25, 0.3) is 0 Å². The van der Waals surface area contributed by atoms with Crippen LogP contribution in [0.2, 0.25) is 5.02 Å². The second-order valence-corrected chi connectivity index (χ2v) is 3.48. The Bertz CT molecular complexity index is 511. The Morgan fingerprint density at radius 2 is 2.29 bits per heavy atom. The third-order valence-electron chi connectivity index (χ3n) is 1.84. The lowest BCUT2D eigenvalue weighted by Crippen LogP contribution is -2.26. The van der Waals surface area contributed by atoms with E-state index in [0.29, 0.717) is 0 Å². The summed E-state index contributed by atoms with van der Waals surface area (Å²) < 4.78 is 5.48. The molecule has 0 aromatic carbocycles. The molecule has 0 saturated carbocycles. The molecule has 0 N–H and O–H groups in total. The maximum Gasteiger partial charge on any atom is 0.335 e. The lowest BCUT2D eigenvalue weighted by molar-refractivity contribution is -0.386. The van der Waals surface area contributed by atoms with Crippen molar-refractivity contribution < 1.29 is 14.5 Å². The smallest absolute Gasteiger partial charge is 0.335 e. The second kappa shape index (κ2) is 5.44. The molecule has 0 radical (unpaired) electrons. The second-order valence-electron chi connectivity index (χ2n) is 3.04. The number of rotatable bonds is 4. The number of halogens is 1. The number of esters is 1. The summed E-state index contributed by atoms with van der Waals surface area (Å²) in [5.41, 5.74) is -1.57. The zero-order valence-corrected chi connectivity index (χ0v) is 9.64. The van der Waals surface area contributed by atoms with E-state index in [9.17, 15) is 19.7 Å². The van der Waals surface area contributed by atoms with E-state index in [1.807, 2.05) is 0 Å². The molecule has 1 rings (SSSR count). The lowest BCUT2D eigenvalue weighted by Gasteiger charge is -2.05. The summed E-state index contributed by atoms with van der Waals surface area (Å²) in [6.45, 7) is 1.37. The van der Waals surface area contributed by atoms with Gasteiger partial charge in [-0.15, -0.1) is 0 Å². The van der Waals surface area contributed by atoms with Crippen LogP contribution in [0.3, 0.4) is 0 Å². The Morgan fingerprint density at radius 1 is 1.65 bits per heavy atom. The predicted octanol–water partition coefficient (Wildman–Crippen LogP) is 0.973. The molecule has 1 aromatic heterocycles. The molecule has 0 spiro atoms. The standard InChI is InChI=1S/C9H9ClN2O5/c1-2-17-8(13)5-11-4-6(10)3-7(9(11)14)12(15)16/h3-4H,2,5H2,1H3. The SMILES string of the molecule is CCOC(=O)Cn1cc(Cl)cc([N+](=O)[O-])c1=O. The monoisotopic (exact) mass is 260 g/mol. The fourth-order valence-corrected chi connectivity index (χ4v) is 1.40. The number of aromatic nitrogens is 1. The highest BCUT2D eigenvalue weighted by Gasteiger charge is 2.17. The van der Waals surface area contributed by atoms with Crippen molar-refractivity contribution in [3.05, 3.63) is 37.8 Å². The van der Waals surface area contributed by atoms with Crippen LogP contribution in [0.15, 0.2) is 17.1 Å². The molecule has 0 atom stereocenters. The van der Waals surface area contributed by atoms with Gasteiger partial charge in [0.15, 0.2) is 0 Å². The molecular weight excluding hydrogens is 252 g/mol. The molecule has 0 aliphatic rings. The van der Waals surface area contributed by atoms with Crippen LogP contribution >= 0.6 is 11.6 Å². The van der Waals surface area contributed by atoms with E-state index < -0.39 is 28.7 Å². The number of ether oxygens (including phenoxy) is 1. The molecule has 0 amide bonds. The van der Waals surface area contributed by atoms with Gasteiger partial charge in [-0.05, 0) is 6.92 Å². The van der Waals surface area contributed by atoms with Gasteiger partial charge in [0, 0.05) is 12.3 Å². The minimum absolute atomic E-state index is 0.000554. The molecule has 0 saturated heterocycles. The summed E-state index contributed by atoms with van der Waals surface area (Å²) in [6.07, 6.45) is 1.15. The van der Waals surface area contributed by atoms with Crippen molar-refractivity contribution >= 4 is 23.3 Å². The van der Waals surface area contributed by atoms with Crippen LogP contribution in [-0.2, 0) is 16.1 Å². The summed E-state index contributed by atoms with van der Waals surface area (Å²) in [6, 6.07) is 0.936. The number of nitro groups is 1. The highest BCUT2D eigenvalue weighted by molar-refractivity contribution is 6.30. The first kappa shape index (κ1) is 13.2. The highest BCUT2D eigenvalue weighted by atomic mass is 35.5. The third-order valence-corrected chi connectivity index (χ3v) is 2.04. The molecule has 17 heavy (non-hydrogen) atoms. The molecule has 0 unspecified atom stereocenters. The fraction of sp³-hybridized carbons (Fsp3) is 0.333. The van der Waals surface area contributed by atoms with E-state index in [-0.39, 0.29) is 11.6 Å². The van der Waals surface area contributed by atoms with Gasteiger partial charge >= 0.3 is 17.2 Å². The molecule has 0 aliphatic heterocycles. The number of hydrogen-bond acceptors (Lipinski definition) is 5. The van der Waals surface area contributed by atoms with Gasteiger partial charge in [-0.2, -0.15) is 0 Å². The Kier molecular flexibility index (Phi) is 4.22. The maximum atomic E-state index is 11.6. The van der Waals surface area contributed by atoms with Crippen LogP contribution in [0, 0.1) is 10.1 Å². The molecule has 1 heterocycles. The number of carbonyl (C=O) groups excluding carboxylic acids is 1. The van der Waals surface area contributed by atoms with E-state index >= 15 is 0 Å². The molecule has 7 nitrogen and oxygen atoms in total. The summed E-state index contributed by atoms with van der Waals surface area (Å²) in [4.78, 5) is 32.4. The topological polar surface area (TPSA) is 91.4 Å². The molecule has 92 valence electrons. The predicted molar refractivity (Wildman–Crippen MR) is 59.0 cm³/mol. The quantitative estimate of drug-likeness (QED) is 0.457. The van der Waals surface area contributed by atoms with Crippen molar-refractivity contribution in [1.82, 2.24) is 4.57 Å². The van der Waals surface area contributed by atoms with E-state index in [1.54, 1.807) is 6.92 Å². The van der Waals surface area contributed by atoms with Gasteiger partial charge in [0.25, 0.3) is 0 Å². The van der Waals surface area contributed by atoms with Gasteiger partial charge in [0.2, 0.25) is 0 Å². The third kappa shape index (κ3) is 3.28. The van der Waals surface area contributed by atoms with Gasteiger partial charge < -0.3 is 4.74 Å². The molecule has 0 bridgehead atoms. The zero-order chi connectivity index (χ0) is 13.0. The van der Waals surface area contributed by atoms with Gasteiger partial charge in [0.1, 0.15) is 6.54 Å². The van der Waals surface area contributed by atoms with Crippen molar-refractivity contribution in [2.75, 3.05) is 6.61 Å². The summed E-state index contributed by atoms with van der Waals surface area (Å²) >= 11 is 5.61. The first-order valence-corrected chi connectivity index (χ1v) is 5.03. The fourth-order valence-electron chi connectivity index (χ4n) is 1.18. The largest absolute Gasteiger partial charge is 0.465 e. The number of carbonyl (C=O) groups is 1. The lowest BCUT2D eigenvalue weighted by atomic mass is 10.4. The van der Waals surface area contributed by atoms with Crippen molar-refractivity contribution in [3.8, 4) is 0 Å². The van der Waals surface area contributed by atoms with Crippen molar-refractivity contribution in [3.63, 3.8) is 0 Å². The number of pyridine rings is 1. The Labute approximate surface area is 101 Å². The summed E-state index contributed by atoms with van der Waals surface area (Å²) in [5, 5.41) is 10.6. The van der Waals surface area contributed by atoms with Crippen molar-refractivity contribution in [2.45, 2.75) is 13.5 Å². The van der Waals surface area contributed by atoms with Crippen LogP contribution in [0.4, 0.5) is 5.69 Å². The molecular formula is C9H9ClN2O5. The first-order chi connectivity index (χ1) is 7.95. The molecule has 0 aliphatic carbocycles. The average Bonchev–Trinajstić information content (AvgIpc) is 2.22. The zero-order valence-electron chi connectivity index (χ0n) is 8.88. The number of hydrogen-bond donors (Lipinski definition) is 0. The van der Waals surface area contributed by atoms with Crippen LogP contribution in [-0.4, -0.2) is 22.1 Å². The van der Waals surface area contributed by atoms with Crippen molar-refractivity contribution in [1.29, 1.82) is 0 Å². The van der Waals surface area contributed by atoms with E-state index in [1.165, 1.54) is 0 Å². The summed E-state index contributed by atoms with van der Waals surface area (Å²) in [7, 11) is 0. The summed E-state index contributed by atoms with van der Waals surface area (Å²) in [5.74, 6) is -0.661. The minimum Gasteiger partial charge on any atom is -0.465 e. The molecule has 0 fully saturated rings. The highest BCUT2D eigenvalue weighted by Crippen LogP contribution is 2.12. The Balaban J connectivity index is 3.12.